The summed E-state index contributed by atoms with van der Waals surface area (Å²) in [5.41, 5.74) is 3.35. The third-order valence-corrected chi connectivity index (χ3v) is 4.61. The van der Waals surface area contributed by atoms with Crippen LogP contribution in [0.4, 0.5) is 11.4 Å². The molecule has 0 bridgehead atoms. The molecule has 8 nitrogen and oxygen atoms in total. The lowest BCUT2D eigenvalue weighted by Crippen LogP contribution is -2.21. The number of hydrogen-bond acceptors (Lipinski definition) is 6. The Kier molecular flexibility index (Phi) is 5.89. The molecule has 0 saturated heterocycles. The van der Waals surface area contributed by atoms with Crippen LogP contribution in [0.5, 0.6) is 11.5 Å². The Hall–Kier alpha value is -4.20. The molecule has 0 saturated carbocycles. The fourth-order valence-electron chi connectivity index (χ4n) is 3.05. The van der Waals surface area contributed by atoms with E-state index in [9.17, 15) is 4.79 Å². The van der Waals surface area contributed by atoms with Gasteiger partial charge in [-0.25, -0.2) is 0 Å². The van der Waals surface area contributed by atoms with Gasteiger partial charge in [-0.3, -0.25) is 4.79 Å². The molecule has 0 aliphatic carbocycles. The first kappa shape index (κ1) is 20.1. The molecule has 0 aliphatic rings. The number of aryl methyl sites for hydroxylation is 2. The van der Waals surface area contributed by atoms with Crippen LogP contribution in [0.2, 0.25) is 0 Å². The first-order valence-electron chi connectivity index (χ1n) is 9.81. The quantitative estimate of drug-likeness (QED) is 0.472. The monoisotopic (exact) mass is 414 g/mol. The molecule has 31 heavy (non-hydrogen) atoms. The van der Waals surface area contributed by atoms with Gasteiger partial charge in [0.2, 0.25) is 5.91 Å². The fraction of sp³-hybridized carbons (Fsp3) is 0.130. The van der Waals surface area contributed by atoms with Crippen molar-refractivity contribution < 1.29 is 9.53 Å². The minimum atomic E-state index is -0.169. The molecule has 0 unspecified atom stereocenters. The molecule has 1 amide bonds. The van der Waals surface area contributed by atoms with Crippen molar-refractivity contribution in [2.45, 2.75) is 13.8 Å². The summed E-state index contributed by atoms with van der Waals surface area (Å²) in [4.78, 5) is 12.4. The molecule has 2 N–H and O–H groups in total. The minimum absolute atomic E-state index is 0.112. The van der Waals surface area contributed by atoms with E-state index in [4.69, 9.17) is 4.74 Å². The molecule has 1 aromatic heterocycles. The van der Waals surface area contributed by atoms with Crippen molar-refractivity contribution in [1.82, 2.24) is 20.2 Å². The summed E-state index contributed by atoms with van der Waals surface area (Å²) in [5, 5.41) is 17.7. The Bertz CT molecular complexity index is 1190. The van der Waals surface area contributed by atoms with Gasteiger partial charge in [-0.2, -0.15) is 4.68 Å². The Labute approximate surface area is 179 Å². The number of aromatic nitrogens is 4. The average Bonchev–Trinajstić information content (AvgIpc) is 3.20. The van der Waals surface area contributed by atoms with Gasteiger partial charge >= 0.3 is 0 Å². The normalized spacial score (nSPS) is 10.5. The molecule has 8 heteroatoms. The van der Waals surface area contributed by atoms with Crippen molar-refractivity contribution >= 4 is 17.3 Å². The van der Waals surface area contributed by atoms with Crippen molar-refractivity contribution in [3.8, 4) is 17.2 Å². The van der Waals surface area contributed by atoms with E-state index in [1.807, 2.05) is 80.6 Å². The van der Waals surface area contributed by atoms with Crippen molar-refractivity contribution in [3.05, 3.63) is 84.2 Å². The molecule has 0 fully saturated rings. The summed E-state index contributed by atoms with van der Waals surface area (Å²) in [7, 11) is 0. The van der Waals surface area contributed by atoms with Gasteiger partial charge in [0.05, 0.1) is 12.2 Å². The number of amides is 1. The van der Waals surface area contributed by atoms with Crippen LogP contribution in [0.3, 0.4) is 0 Å². The van der Waals surface area contributed by atoms with Gasteiger partial charge < -0.3 is 15.4 Å². The first-order valence-corrected chi connectivity index (χ1v) is 9.81. The third kappa shape index (κ3) is 5.05. The largest absolute Gasteiger partial charge is 0.457 e. The summed E-state index contributed by atoms with van der Waals surface area (Å²) in [6, 6.07) is 22.6. The van der Waals surface area contributed by atoms with Crippen LogP contribution < -0.4 is 15.4 Å². The molecule has 1 heterocycles. The maximum absolute atomic E-state index is 12.4. The highest BCUT2D eigenvalue weighted by atomic mass is 16.5. The van der Waals surface area contributed by atoms with Crippen molar-refractivity contribution in [3.63, 3.8) is 0 Å². The van der Waals surface area contributed by atoms with Crippen LogP contribution in [0.1, 0.15) is 11.4 Å². The second kappa shape index (κ2) is 9.08. The standard InChI is InChI=1S/C23H22N6O2/c1-16-11-12-18(14-22(16)29-17(2)26-27-28-29)24-15-23(30)25-19-7-6-10-21(13-19)31-20-8-4-3-5-9-20/h3-14,24H,15H2,1-2H3,(H,25,30). The molecular formula is C23H22N6O2. The van der Waals surface area contributed by atoms with E-state index in [-0.39, 0.29) is 12.5 Å². The van der Waals surface area contributed by atoms with E-state index in [0.717, 1.165) is 22.7 Å². The Morgan fingerprint density at radius 2 is 1.74 bits per heavy atom. The van der Waals surface area contributed by atoms with E-state index in [2.05, 4.69) is 26.2 Å². The number of nitrogens with zero attached hydrogens (tertiary/aromatic N) is 4. The van der Waals surface area contributed by atoms with Crippen molar-refractivity contribution in [1.29, 1.82) is 0 Å². The Morgan fingerprint density at radius 3 is 2.52 bits per heavy atom. The summed E-state index contributed by atoms with van der Waals surface area (Å²) in [6.45, 7) is 3.93. The molecule has 0 aliphatic heterocycles. The van der Waals surface area contributed by atoms with Gasteiger partial charge in [-0.15, -0.1) is 5.10 Å². The van der Waals surface area contributed by atoms with Crippen LogP contribution in [0, 0.1) is 13.8 Å². The summed E-state index contributed by atoms with van der Waals surface area (Å²) >= 11 is 0. The van der Waals surface area contributed by atoms with Crippen LogP contribution >= 0.6 is 0 Å². The zero-order valence-electron chi connectivity index (χ0n) is 17.2. The summed E-state index contributed by atoms with van der Waals surface area (Å²) < 4.78 is 7.48. The van der Waals surface area contributed by atoms with Crippen LogP contribution in [0.15, 0.2) is 72.8 Å². The SMILES string of the molecule is Cc1ccc(NCC(=O)Nc2cccc(Oc3ccccc3)c2)cc1-n1nnnc1C. The van der Waals surface area contributed by atoms with E-state index in [0.29, 0.717) is 17.3 Å². The van der Waals surface area contributed by atoms with Gasteiger partial charge in [0.1, 0.15) is 11.5 Å². The molecule has 0 atom stereocenters. The second-order valence-corrected chi connectivity index (χ2v) is 6.98. The molecular weight excluding hydrogens is 392 g/mol. The lowest BCUT2D eigenvalue weighted by Gasteiger charge is -2.12. The van der Waals surface area contributed by atoms with Crippen molar-refractivity contribution in [2.24, 2.45) is 0 Å². The third-order valence-electron chi connectivity index (χ3n) is 4.61. The molecule has 0 radical (unpaired) electrons. The van der Waals surface area contributed by atoms with E-state index >= 15 is 0 Å². The number of carbonyl (C=O) groups excluding carboxylic acids is 1. The Morgan fingerprint density at radius 1 is 0.935 bits per heavy atom. The Balaban J connectivity index is 1.38. The van der Waals surface area contributed by atoms with E-state index in [1.54, 1.807) is 10.7 Å². The zero-order valence-corrected chi connectivity index (χ0v) is 17.2. The number of anilines is 2. The van der Waals surface area contributed by atoms with Gasteiger partial charge in [-0.05, 0) is 66.2 Å². The predicted molar refractivity (Wildman–Crippen MR) is 119 cm³/mol. The number of ether oxygens (including phenoxy) is 1. The first-order chi connectivity index (χ1) is 15.1. The zero-order chi connectivity index (χ0) is 21.6. The molecule has 4 rings (SSSR count). The molecule has 3 aromatic carbocycles. The topological polar surface area (TPSA) is 94.0 Å². The van der Waals surface area contributed by atoms with Crippen LogP contribution in [-0.2, 0) is 4.79 Å². The summed E-state index contributed by atoms with van der Waals surface area (Å²) in [5.74, 6) is 1.91. The fourth-order valence-corrected chi connectivity index (χ4v) is 3.05. The molecule has 156 valence electrons. The minimum Gasteiger partial charge on any atom is -0.457 e. The lowest BCUT2D eigenvalue weighted by atomic mass is 10.2. The van der Waals surface area contributed by atoms with E-state index in [1.165, 1.54) is 0 Å². The highest BCUT2D eigenvalue weighted by molar-refractivity contribution is 5.94. The van der Waals surface area contributed by atoms with Gasteiger partial charge in [0, 0.05) is 17.4 Å². The number of rotatable bonds is 7. The smallest absolute Gasteiger partial charge is 0.243 e. The number of benzene rings is 3. The second-order valence-electron chi connectivity index (χ2n) is 6.98. The number of nitrogens with one attached hydrogen (secondary N) is 2. The lowest BCUT2D eigenvalue weighted by molar-refractivity contribution is -0.114. The van der Waals surface area contributed by atoms with Crippen molar-refractivity contribution in [2.75, 3.05) is 17.2 Å². The number of carbonyl (C=O) groups is 1. The van der Waals surface area contributed by atoms with Crippen LogP contribution in [-0.4, -0.2) is 32.7 Å². The highest BCUT2D eigenvalue weighted by Crippen LogP contribution is 2.24. The summed E-state index contributed by atoms with van der Waals surface area (Å²) in [6.07, 6.45) is 0. The molecule has 4 aromatic rings. The molecule has 0 spiro atoms. The van der Waals surface area contributed by atoms with Gasteiger partial charge in [0.15, 0.2) is 5.82 Å². The average molecular weight is 414 g/mol. The highest BCUT2D eigenvalue weighted by Gasteiger charge is 2.09. The van der Waals surface area contributed by atoms with Crippen LogP contribution in [0.25, 0.3) is 5.69 Å². The van der Waals surface area contributed by atoms with Gasteiger partial charge in [-0.1, -0.05) is 30.3 Å². The number of para-hydroxylation sites is 1. The predicted octanol–water partition coefficient (Wildman–Crippen LogP) is 4.12. The van der Waals surface area contributed by atoms with E-state index < -0.39 is 0 Å². The maximum Gasteiger partial charge on any atom is 0.243 e. The van der Waals surface area contributed by atoms with Gasteiger partial charge in [0.25, 0.3) is 0 Å². The maximum atomic E-state index is 12.4. The number of hydrogen-bond donors (Lipinski definition) is 2. The number of tetrazole rings is 1.